The number of halogens is 4. The molecule has 1 aromatic rings. The van der Waals surface area contributed by atoms with Gasteiger partial charge in [-0.25, -0.2) is 0 Å². The minimum atomic E-state index is -4.09. The Bertz CT molecular complexity index is 552. The van der Waals surface area contributed by atoms with Gasteiger partial charge in [0, 0.05) is 31.5 Å². The summed E-state index contributed by atoms with van der Waals surface area (Å²) < 4.78 is 42.1. The van der Waals surface area contributed by atoms with Crippen molar-refractivity contribution in [3.63, 3.8) is 0 Å². The number of hydrogen-bond donors (Lipinski definition) is 2. The Morgan fingerprint density at radius 3 is 2.76 bits per heavy atom. The summed E-state index contributed by atoms with van der Waals surface area (Å²) in [4.78, 5) is 4.39. The molecule has 0 amide bonds. The van der Waals surface area contributed by atoms with Crippen molar-refractivity contribution in [2.45, 2.75) is 44.8 Å². The Kier molecular flexibility index (Phi) is 9.37. The zero-order valence-corrected chi connectivity index (χ0v) is 16.6. The third-order valence-corrected chi connectivity index (χ3v) is 3.75. The summed E-state index contributed by atoms with van der Waals surface area (Å²) in [7, 11) is 0. The summed E-state index contributed by atoms with van der Waals surface area (Å²) in [5.74, 6) is 1.49. The molecule has 1 aromatic carbocycles. The number of nitrogens with zero attached hydrogens (tertiary/aromatic N) is 1. The molecule has 0 aliphatic carbocycles. The van der Waals surface area contributed by atoms with E-state index in [0.717, 1.165) is 17.7 Å². The number of fused-ring (bicyclic) bond motifs is 1. The van der Waals surface area contributed by atoms with E-state index in [9.17, 15) is 13.2 Å². The van der Waals surface area contributed by atoms with Crippen LogP contribution in [0, 0.1) is 0 Å². The predicted octanol–water partition coefficient (Wildman–Crippen LogP) is 4.42. The number of nitrogens with one attached hydrogen (secondary N) is 2. The first-order chi connectivity index (χ1) is 11.5. The van der Waals surface area contributed by atoms with E-state index in [2.05, 4.69) is 15.6 Å². The fraction of sp³-hybridized carbons (Fsp3) is 0.588. The standard InChI is InChI=1S/C17H24F3N3O.HI/c1-2-21-16(22-11-6-5-10-17(18,19)20)23-14-9-12-24-15-8-4-3-7-13(14)15;/h3-4,7-8,14H,2,5-6,9-12H2,1H3,(H2,21,22,23);1H. The van der Waals surface area contributed by atoms with Gasteiger partial charge >= 0.3 is 6.18 Å². The fourth-order valence-electron chi connectivity index (χ4n) is 2.61. The molecule has 1 aliphatic heterocycles. The van der Waals surface area contributed by atoms with Crippen molar-refractivity contribution >= 4 is 29.9 Å². The minimum absolute atomic E-state index is 0. The number of unbranched alkanes of at least 4 members (excludes halogenated alkanes) is 1. The highest BCUT2D eigenvalue weighted by molar-refractivity contribution is 14.0. The first-order valence-corrected chi connectivity index (χ1v) is 8.33. The van der Waals surface area contributed by atoms with E-state index in [4.69, 9.17) is 4.74 Å². The van der Waals surface area contributed by atoms with Crippen molar-refractivity contribution in [1.29, 1.82) is 0 Å². The molecule has 0 fully saturated rings. The molecular weight excluding hydrogens is 446 g/mol. The third-order valence-electron chi connectivity index (χ3n) is 3.75. The second-order valence-electron chi connectivity index (χ2n) is 5.70. The largest absolute Gasteiger partial charge is 0.493 e. The Hall–Kier alpha value is -1.19. The van der Waals surface area contributed by atoms with Crippen molar-refractivity contribution in [2.75, 3.05) is 19.7 Å². The van der Waals surface area contributed by atoms with Crippen molar-refractivity contribution in [3.05, 3.63) is 29.8 Å². The van der Waals surface area contributed by atoms with E-state index < -0.39 is 12.6 Å². The zero-order chi connectivity index (χ0) is 17.4. The van der Waals surface area contributed by atoms with Crippen LogP contribution in [0.15, 0.2) is 29.3 Å². The van der Waals surface area contributed by atoms with Gasteiger partial charge in [-0.15, -0.1) is 24.0 Å². The molecule has 4 nitrogen and oxygen atoms in total. The van der Waals surface area contributed by atoms with E-state index in [-0.39, 0.29) is 36.4 Å². The molecule has 0 radical (unpaired) electrons. The van der Waals surface area contributed by atoms with Gasteiger partial charge in [0.25, 0.3) is 0 Å². The lowest BCUT2D eigenvalue weighted by Gasteiger charge is -2.28. The summed E-state index contributed by atoms with van der Waals surface area (Å²) in [6.45, 7) is 3.65. The molecular formula is C17H25F3IN3O. The highest BCUT2D eigenvalue weighted by Gasteiger charge is 2.26. The van der Waals surface area contributed by atoms with Crippen LogP contribution >= 0.6 is 24.0 Å². The van der Waals surface area contributed by atoms with Crippen LogP contribution in [0.1, 0.15) is 44.2 Å². The van der Waals surface area contributed by atoms with Crippen LogP contribution in [-0.4, -0.2) is 31.8 Å². The van der Waals surface area contributed by atoms with Gasteiger partial charge in [0.05, 0.1) is 12.6 Å². The Balaban J connectivity index is 0.00000312. The van der Waals surface area contributed by atoms with Crippen molar-refractivity contribution in [2.24, 2.45) is 4.99 Å². The third kappa shape index (κ3) is 7.70. The highest BCUT2D eigenvalue weighted by Crippen LogP contribution is 2.31. The topological polar surface area (TPSA) is 45.7 Å². The quantitative estimate of drug-likeness (QED) is 0.280. The molecule has 0 bridgehead atoms. The van der Waals surface area contributed by atoms with Crippen molar-refractivity contribution < 1.29 is 17.9 Å². The molecule has 1 aliphatic rings. The Labute approximate surface area is 163 Å². The maximum atomic E-state index is 12.1. The summed E-state index contributed by atoms with van der Waals surface area (Å²) in [6.07, 6.45) is -3.50. The van der Waals surface area contributed by atoms with Crippen LogP contribution in [0.5, 0.6) is 5.75 Å². The van der Waals surface area contributed by atoms with Crippen LogP contribution in [0.3, 0.4) is 0 Å². The molecule has 8 heteroatoms. The predicted molar refractivity (Wildman–Crippen MR) is 104 cm³/mol. The number of rotatable bonds is 6. The van der Waals surface area contributed by atoms with Crippen LogP contribution in [0.25, 0.3) is 0 Å². The van der Waals surface area contributed by atoms with Crippen LogP contribution < -0.4 is 15.4 Å². The molecule has 142 valence electrons. The summed E-state index contributed by atoms with van der Waals surface area (Å²) in [6, 6.07) is 7.93. The van der Waals surface area contributed by atoms with E-state index in [1.807, 2.05) is 31.2 Å². The number of hydrogen-bond acceptors (Lipinski definition) is 2. The lowest BCUT2D eigenvalue weighted by Crippen LogP contribution is -2.41. The number of ether oxygens (including phenoxy) is 1. The molecule has 0 aromatic heterocycles. The van der Waals surface area contributed by atoms with Gasteiger partial charge in [0.15, 0.2) is 5.96 Å². The number of aliphatic imine (C=N–C) groups is 1. The molecule has 1 atom stereocenters. The first-order valence-electron chi connectivity index (χ1n) is 8.33. The van der Waals surface area contributed by atoms with Gasteiger partial charge in [-0.1, -0.05) is 18.2 Å². The van der Waals surface area contributed by atoms with Crippen LogP contribution in [0.4, 0.5) is 13.2 Å². The average Bonchev–Trinajstić information content (AvgIpc) is 2.54. The number of para-hydroxylation sites is 1. The normalized spacial score (nSPS) is 17.1. The summed E-state index contributed by atoms with van der Waals surface area (Å²) in [5, 5.41) is 6.50. The smallest absolute Gasteiger partial charge is 0.389 e. The first kappa shape index (κ1) is 21.9. The van der Waals surface area contributed by atoms with Crippen LogP contribution in [-0.2, 0) is 0 Å². The summed E-state index contributed by atoms with van der Waals surface area (Å²) >= 11 is 0. The Morgan fingerprint density at radius 2 is 2.04 bits per heavy atom. The lowest BCUT2D eigenvalue weighted by atomic mass is 10.0. The molecule has 1 heterocycles. The highest BCUT2D eigenvalue weighted by atomic mass is 127. The molecule has 1 unspecified atom stereocenters. The SMILES string of the molecule is CCNC(=NCCCCC(F)(F)F)NC1CCOc2ccccc21.I. The van der Waals surface area contributed by atoms with E-state index in [1.54, 1.807) is 0 Å². The van der Waals surface area contributed by atoms with Crippen molar-refractivity contribution in [1.82, 2.24) is 10.6 Å². The lowest BCUT2D eigenvalue weighted by molar-refractivity contribution is -0.135. The number of benzene rings is 1. The monoisotopic (exact) mass is 471 g/mol. The van der Waals surface area contributed by atoms with Gasteiger partial charge in [-0.05, 0) is 25.8 Å². The van der Waals surface area contributed by atoms with Gasteiger partial charge in [-0.3, -0.25) is 4.99 Å². The van der Waals surface area contributed by atoms with Crippen molar-refractivity contribution in [3.8, 4) is 5.75 Å². The number of alkyl halides is 3. The van der Waals surface area contributed by atoms with Gasteiger partial charge in [-0.2, -0.15) is 13.2 Å². The molecule has 0 spiro atoms. The molecule has 25 heavy (non-hydrogen) atoms. The van der Waals surface area contributed by atoms with Gasteiger partial charge in [0.1, 0.15) is 5.75 Å². The zero-order valence-electron chi connectivity index (χ0n) is 14.2. The molecule has 2 N–H and O–H groups in total. The van der Waals surface area contributed by atoms with Gasteiger partial charge in [0.2, 0.25) is 0 Å². The van der Waals surface area contributed by atoms with Gasteiger partial charge < -0.3 is 15.4 Å². The number of guanidine groups is 1. The Morgan fingerprint density at radius 1 is 1.28 bits per heavy atom. The van der Waals surface area contributed by atoms with E-state index in [1.165, 1.54) is 0 Å². The maximum absolute atomic E-state index is 12.1. The fourth-order valence-corrected chi connectivity index (χ4v) is 2.61. The average molecular weight is 471 g/mol. The minimum Gasteiger partial charge on any atom is -0.493 e. The second-order valence-corrected chi connectivity index (χ2v) is 5.70. The van der Waals surface area contributed by atoms with E-state index >= 15 is 0 Å². The summed E-state index contributed by atoms with van der Waals surface area (Å²) in [5.41, 5.74) is 1.08. The molecule has 0 saturated heterocycles. The maximum Gasteiger partial charge on any atom is 0.389 e. The van der Waals surface area contributed by atoms with Crippen LogP contribution in [0.2, 0.25) is 0 Å². The molecule has 0 saturated carbocycles. The van der Waals surface area contributed by atoms with E-state index in [0.29, 0.717) is 32.1 Å². The second kappa shape index (κ2) is 10.7. The molecule has 2 rings (SSSR count).